The molecule has 2 N–H and O–H groups in total. The Morgan fingerprint density at radius 1 is 1.33 bits per heavy atom. The first-order chi connectivity index (χ1) is 10.3. The first kappa shape index (κ1) is 15.8. The van der Waals surface area contributed by atoms with Gasteiger partial charge in [-0.1, -0.05) is 12.1 Å². The van der Waals surface area contributed by atoms with E-state index < -0.39 is 0 Å². The van der Waals surface area contributed by atoms with Crippen LogP contribution in [-0.2, 0) is 16.1 Å². The van der Waals surface area contributed by atoms with Crippen LogP contribution < -0.4 is 15.4 Å². The van der Waals surface area contributed by atoms with Crippen LogP contribution in [0.3, 0.4) is 0 Å². The van der Waals surface area contributed by atoms with Crippen molar-refractivity contribution in [1.82, 2.24) is 10.6 Å². The number of benzene rings is 1. The van der Waals surface area contributed by atoms with Crippen molar-refractivity contribution in [3.63, 3.8) is 0 Å². The van der Waals surface area contributed by atoms with Crippen LogP contribution in [-0.4, -0.2) is 38.8 Å². The van der Waals surface area contributed by atoms with Crippen LogP contribution in [0.4, 0.5) is 0 Å². The number of hydrogen-bond donors (Lipinski definition) is 2. The lowest BCUT2D eigenvalue weighted by Crippen LogP contribution is -2.26. The average molecular weight is 292 g/mol. The fraction of sp³-hybridized carbons (Fsp3) is 0.562. The zero-order chi connectivity index (χ0) is 14.9. The molecule has 1 amide bonds. The van der Waals surface area contributed by atoms with Gasteiger partial charge in [0.25, 0.3) is 0 Å². The largest absolute Gasteiger partial charge is 0.493 e. The van der Waals surface area contributed by atoms with E-state index in [9.17, 15) is 4.79 Å². The van der Waals surface area contributed by atoms with E-state index in [0.29, 0.717) is 25.7 Å². The van der Waals surface area contributed by atoms with E-state index in [1.54, 1.807) is 7.11 Å². The van der Waals surface area contributed by atoms with Crippen molar-refractivity contribution in [1.29, 1.82) is 0 Å². The van der Waals surface area contributed by atoms with Crippen molar-refractivity contribution in [3.05, 3.63) is 29.8 Å². The summed E-state index contributed by atoms with van der Waals surface area (Å²) < 4.78 is 10.6. The molecule has 0 aliphatic heterocycles. The Hall–Kier alpha value is -1.59. The lowest BCUT2D eigenvalue weighted by Gasteiger charge is -2.09. The zero-order valence-electron chi connectivity index (χ0n) is 12.6. The normalized spacial score (nSPS) is 14.0. The smallest absolute Gasteiger partial charge is 0.223 e. The fourth-order valence-electron chi connectivity index (χ4n) is 1.94. The molecule has 1 saturated carbocycles. The molecule has 2 rings (SSSR count). The van der Waals surface area contributed by atoms with Crippen LogP contribution in [0, 0.1) is 0 Å². The molecule has 1 fully saturated rings. The van der Waals surface area contributed by atoms with E-state index in [4.69, 9.17) is 9.47 Å². The van der Waals surface area contributed by atoms with Crippen molar-refractivity contribution < 1.29 is 14.3 Å². The Kier molecular flexibility index (Phi) is 6.50. The van der Waals surface area contributed by atoms with E-state index in [1.165, 1.54) is 0 Å². The standard InChI is InChI=1S/C16H24N2O3/c1-20-10-8-17-12-13-3-2-4-15(11-13)21-9-7-16(19)18-14-5-6-14/h2-4,11,14,17H,5-10,12H2,1H3,(H,18,19). The van der Waals surface area contributed by atoms with Gasteiger partial charge in [0.1, 0.15) is 5.75 Å². The highest BCUT2D eigenvalue weighted by Gasteiger charge is 2.22. The number of amides is 1. The minimum atomic E-state index is 0.0786. The summed E-state index contributed by atoms with van der Waals surface area (Å²) in [4.78, 5) is 11.5. The molecule has 21 heavy (non-hydrogen) atoms. The second-order valence-corrected chi connectivity index (χ2v) is 5.26. The molecular weight excluding hydrogens is 268 g/mol. The Morgan fingerprint density at radius 3 is 2.95 bits per heavy atom. The third-order valence-electron chi connectivity index (χ3n) is 3.25. The highest BCUT2D eigenvalue weighted by molar-refractivity contribution is 5.76. The number of ether oxygens (including phenoxy) is 2. The van der Waals surface area contributed by atoms with Gasteiger partial charge < -0.3 is 20.1 Å². The molecule has 0 aromatic heterocycles. The van der Waals surface area contributed by atoms with E-state index in [1.807, 2.05) is 24.3 Å². The molecule has 1 aromatic rings. The van der Waals surface area contributed by atoms with E-state index in [0.717, 1.165) is 37.2 Å². The third kappa shape index (κ3) is 6.60. The summed E-state index contributed by atoms with van der Waals surface area (Å²) in [7, 11) is 1.69. The van der Waals surface area contributed by atoms with Crippen LogP contribution in [0.25, 0.3) is 0 Å². The average Bonchev–Trinajstić information content (AvgIpc) is 3.28. The van der Waals surface area contributed by atoms with Crippen LogP contribution in [0.1, 0.15) is 24.8 Å². The van der Waals surface area contributed by atoms with Gasteiger partial charge in [-0.25, -0.2) is 0 Å². The molecule has 0 unspecified atom stereocenters. The molecule has 1 aliphatic rings. The summed E-state index contributed by atoms with van der Waals surface area (Å²) in [5, 5.41) is 6.24. The van der Waals surface area contributed by atoms with Gasteiger partial charge >= 0.3 is 0 Å². The highest BCUT2D eigenvalue weighted by Crippen LogP contribution is 2.18. The van der Waals surface area contributed by atoms with Gasteiger partial charge in [-0.15, -0.1) is 0 Å². The predicted molar refractivity (Wildman–Crippen MR) is 81.3 cm³/mol. The van der Waals surface area contributed by atoms with Crippen LogP contribution >= 0.6 is 0 Å². The molecule has 1 aliphatic carbocycles. The summed E-state index contributed by atoms with van der Waals surface area (Å²) >= 11 is 0. The molecule has 0 heterocycles. The minimum absolute atomic E-state index is 0.0786. The molecule has 5 heteroatoms. The molecule has 0 radical (unpaired) electrons. The van der Waals surface area contributed by atoms with Crippen LogP contribution in [0.15, 0.2) is 24.3 Å². The summed E-state index contributed by atoms with van der Waals surface area (Å²) in [6.07, 6.45) is 2.64. The maximum Gasteiger partial charge on any atom is 0.223 e. The van der Waals surface area contributed by atoms with Gasteiger partial charge in [-0.2, -0.15) is 0 Å². The molecule has 0 saturated heterocycles. The van der Waals surface area contributed by atoms with Gasteiger partial charge in [0, 0.05) is 26.2 Å². The van der Waals surface area contributed by atoms with Crippen molar-refractivity contribution in [3.8, 4) is 5.75 Å². The maximum absolute atomic E-state index is 11.5. The number of methoxy groups -OCH3 is 1. The SMILES string of the molecule is COCCNCc1cccc(OCCC(=O)NC2CC2)c1. The van der Waals surface area contributed by atoms with Gasteiger partial charge in [-0.3, -0.25) is 4.79 Å². The summed E-state index contributed by atoms with van der Waals surface area (Å²) in [6.45, 7) is 2.72. The monoisotopic (exact) mass is 292 g/mol. The lowest BCUT2D eigenvalue weighted by molar-refractivity contribution is -0.121. The number of rotatable bonds is 10. The van der Waals surface area contributed by atoms with Crippen molar-refractivity contribution >= 4 is 5.91 Å². The van der Waals surface area contributed by atoms with E-state index >= 15 is 0 Å². The number of carbonyl (C=O) groups excluding carboxylic acids is 1. The van der Waals surface area contributed by atoms with E-state index in [2.05, 4.69) is 10.6 Å². The van der Waals surface area contributed by atoms with E-state index in [-0.39, 0.29) is 5.91 Å². The second kappa shape index (κ2) is 8.64. The third-order valence-corrected chi connectivity index (χ3v) is 3.25. The highest BCUT2D eigenvalue weighted by atomic mass is 16.5. The van der Waals surface area contributed by atoms with Crippen LogP contribution in [0.2, 0.25) is 0 Å². The van der Waals surface area contributed by atoms with Gasteiger partial charge in [0.15, 0.2) is 0 Å². The molecule has 0 atom stereocenters. The molecule has 0 bridgehead atoms. The second-order valence-electron chi connectivity index (χ2n) is 5.26. The Labute approximate surface area is 126 Å². The van der Waals surface area contributed by atoms with Crippen molar-refractivity contribution in [2.45, 2.75) is 31.8 Å². The maximum atomic E-state index is 11.5. The van der Waals surface area contributed by atoms with Gasteiger partial charge in [0.05, 0.1) is 19.6 Å². The molecule has 1 aromatic carbocycles. The minimum Gasteiger partial charge on any atom is -0.493 e. The van der Waals surface area contributed by atoms with Crippen LogP contribution in [0.5, 0.6) is 5.75 Å². The molecular formula is C16H24N2O3. The molecule has 116 valence electrons. The zero-order valence-corrected chi connectivity index (χ0v) is 12.6. The predicted octanol–water partition coefficient (Wildman–Crippen LogP) is 1.47. The number of carbonyl (C=O) groups is 1. The molecule has 0 spiro atoms. The first-order valence-corrected chi connectivity index (χ1v) is 7.48. The summed E-state index contributed by atoms with van der Waals surface area (Å²) in [6, 6.07) is 8.34. The Balaban J connectivity index is 1.66. The Morgan fingerprint density at radius 2 is 2.19 bits per heavy atom. The molecule has 5 nitrogen and oxygen atoms in total. The topological polar surface area (TPSA) is 59.6 Å². The lowest BCUT2D eigenvalue weighted by atomic mass is 10.2. The number of nitrogens with one attached hydrogen (secondary N) is 2. The fourth-order valence-corrected chi connectivity index (χ4v) is 1.94. The summed E-state index contributed by atoms with van der Waals surface area (Å²) in [5.74, 6) is 0.884. The Bertz CT molecular complexity index is 447. The first-order valence-electron chi connectivity index (χ1n) is 7.48. The van der Waals surface area contributed by atoms with Gasteiger partial charge in [-0.05, 0) is 30.5 Å². The number of hydrogen-bond acceptors (Lipinski definition) is 4. The quantitative estimate of drug-likeness (QED) is 0.641. The van der Waals surface area contributed by atoms with Gasteiger partial charge in [0.2, 0.25) is 5.91 Å². The van der Waals surface area contributed by atoms with Crippen molar-refractivity contribution in [2.24, 2.45) is 0 Å². The van der Waals surface area contributed by atoms with Crippen molar-refractivity contribution in [2.75, 3.05) is 26.9 Å². The summed E-state index contributed by atoms with van der Waals surface area (Å²) in [5.41, 5.74) is 1.16.